The lowest BCUT2D eigenvalue weighted by Gasteiger charge is -2.14. The van der Waals surface area contributed by atoms with Crippen molar-refractivity contribution in [2.24, 2.45) is 0 Å². The summed E-state index contributed by atoms with van der Waals surface area (Å²) in [7, 11) is -3.41. The fourth-order valence-corrected chi connectivity index (χ4v) is 3.54. The largest absolute Gasteiger partial charge is 0.451 e. The van der Waals surface area contributed by atoms with Crippen molar-refractivity contribution in [1.82, 2.24) is 4.98 Å². The van der Waals surface area contributed by atoms with Crippen molar-refractivity contribution in [3.05, 3.63) is 83.6 Å². The number of aromatic nitrogens is 1. The minimum atomic E-state index is -3.41. The van der Waals surface area contributed by atoms with Gasteiger partial charge in [0, 0.05) is 16.8 Å². The highest BCUT2D eigenvalue weighted by atomic mass is 32.2. The summed E-state index contributed by atoms with van der Waals surface area (Å²) in [6.07, 6.45) is 0.0195. The Morgan fingerprint density at radius 2 is 1.61 bits per heavy atom. The van der Waals surface area contributed by atoms with Gasteiger partial charge < -0.3 is 4.74 Å². The predicted molar refractivity (Wildman–Crippen MR) is 119 cm³/mol. The fraction of sp³-hybridized carbons (Fsp3) is 0.174. The van der Waals surface area contributed by atoms with Crippen molar-refractivity contribution in [2.75, 3.05) is 11.0 Å². The molecule has 0 spiro atoms. The summed E-state index contributed by atoms with van der Waals surface area (Å²) < 4.78 is 30.2. The van der Waals surface area contributed by atoms with Gasteiger partial charge in [-0.25, -0.2) is 13.2 Å². The topological polar surface area (TPSA) is 102 Å². The van der Waals surface area contributed by atoms with E-state index in [0.717, 1.165) is 17.5 Å². The molecule has 31 heavy (non-hydrogen) atoms. The van der Waals surface area contributed by atoms with Crippen molar-refractivity contribution >= 4 is 27.5 Å². The zero-order chi connectivity index (χ0) is 22.6. The lowest BCUT2D eigenvalue weighted by Crippen LogP contribution is -2.25. The Kier molecular flexibility index (Phi) is 6.50. The summed E-state index contributed by atoms with van der Waals surface area (Å²) in [4.78, 5) is 29.7. The SMILES string of the molecule is Cc1nc(-c2ccccc2)ccc1C(=O)O[C@H](C)C(=O)c1ccc(NS(C)(=O)=O)cc1. The number of esters is 1. The van der Waals surface area contributed by atoms with Gasteiger partial charge in [0.15, 0.2) is 6.10 Å². The molecular weight excluding hydrogens is 416 g/mol. The first-order chi connectivity index (χ1) is 14.6. The van der Waals surface area contributed by atoms with E-state index < -0.39 is 27.9 Å². The summed E-state index contributed by atoms with van der Waals surface area (Å²) in [6, 6.07) is 18.8. The molecule has 160 valence electrons. The monoisotopic (exact) mass is 438 g/mol. The van der Waals surface area contributed by atoms with Crippen LogP contribution in [0, 0.1) is 6.92 Å². The van der Waals surface area contributed by atoms with E-state index in [1.807, 2.05) is 30.3 Å². The second-order valence-electron chi connectivity index (χ2n) is 7.06. The minimum Gasteiger partial charge on any atom is -0.451 e. The number of ether oxygens (including phenoxy) is 1. The number of sulfonamides is 1. The maximum Gasteiger partial charge on any atom is 0.340 e. The zero-order valence-corrected chi connectivity index (χ0v) is 18.1. The molecule has 3 rings (SSSR count). The molecule has 0 amide bonds. The molecule has 1 N–H and O–H groups in total. The highest BCUT2D eigenvalue weighted by Crippen LogP contribution is 2.20. The molecule has 0 saturated carbocycles. The highest BCUT2D eigenvalue weighted by molar-refractivity contribution is 7.92. The smallest absolute Gasteiger partial charge is 0.340 e. The number of nitrogens with one attached hydrogen (secondary N) is 1. The van der Waals surface area contributed by atoms with Gasteiger partial charge >= 0.3 is 5.97 Å². The van der Waals surface area contributed by atoms with Crippen molar-refractivity contribution < 1.29 is 22.7 Å². The third-order valence-electron chi connectivity index (χ3n) is 4.50. The van der Waals surface area contributed by atoms with E-state index >= 15 is 0 Å². The number of carbonyl (C=O) groups is 2. The van der Waals surface area contributed by atoms with E-state index in [-0.39, 0.29) is 5.56 Å². The predicted octanol–water partition coefficient (Wildman–Crippen LogP) is 3.86. The van der Waals surface area contributed by atoms with Gasteiger partial charge in [0.1, 0.15) is 0 Å². The third kappa shape index (κ3) is 5.76. The van der Waals surface area contributed by atoms with E-state index in [2.05, 4.69) is 9.71 Å². The third-order valence-corrected chi connectivity index (χ3v) is 5.11. The normalized spacial score (nSPS) is 12.1. The van der Waals surface area contributed by atoms with Gasteiger partial charge in [0.2, 0.25) is 15.8 Å². The summed E-state index contributed by atoms with van der Waals surface area (Å²) in [5, 5.41) is 0. The number of carbonyl (C=O) groups excluding carboxylic acids is 2. The van der Waals surface area contributed by atoms with Crippen LogP contribution in [0.5, 0.6) is 0 Å². The molecule has 0 bridgehead atoms. The van der Waals surface area contributed by atoms with Crippen LogP contribution in [0.15, 0.2) is 66.7 Å². The Labute approximate surface area is 181 Å². The van der Waals surface area contributed by atoms with Crippen LogP contribution in [-0.2, 0) is 14.8 Å². The molecule has 1 heterocycles. The molecule has 0 saturated heterocycles. The first-order valence-corrected chi connectivity index (χ1v) is 11.4. The number of hydrogen-bond donors (Lipinski definition) is 1. The van der Waals surface area contributed by atoms with Gasteiger partial charge in [-0.2, -0.15) is 0 Å². The van der Waals surface area contributed by atoms with E-state index in [1.165, 1.54) is 31.2 Å². The lowest BCUT2D eigenvalue weighted by atomic mass is 10.1. The summed E-state index contributed by atoms with van der Waals surface area (Å²) in [5.41, 5.74) is 3.09. The fourth-order valence-electron chi connectivity index (χ4n) is 2.98. The number of benzene rings is 2. The molecule has 0 aliphatic rings. The molecule has 0 radical (unpaired) electrons. The van der Waals surface area contributed by atoms with Crippen LogP contribution in [0.4, 0.5) is 5.69 Å². The van der Waals surface area contributed by atoms with Gasteiger partial charge in [0.05, 0.1) is 23.2 Å². The maximum atomic E-state index is 12.6. The summed E-state index contributed by atoms with van der Waals surface area (Å²) in [6.45, 7) is 3.20. The number of anilines is 1. The van der Waals surface area contributed by atoms with Crippen LogP contribution in [0.3, 0.4) is 0 Å². The molecular formula is C23H22N2O5S. The first kappa shape index (κ1) is 22.2. The van der Waals surface area contributed by atoms with E-state index in [0.29, 0.717) is 16.9 Å². The van der Waals surface area contributed by atoms with Crippen molar-refractivity contribution in [1.29, 1.82) is 0 Å². The van der Waals surface area contributed by atoms with Crippen LogP contribution in [0.2, 0.25) is 0 Å². The van der Waals surface area contributed by atoms with E-state index in [4.69, 9.17) is 4.74 Å². The van der Waals surface area contributed by atoms with Crippen LogP contribution in [0.1, 0.15) is 33.3 Å². The standard InChI is InChI=1S/C23H22N2O5S/c1-15-20(13-14-21(24-15)17-7-5-4-6-8-17)23(27)30-16(2)22(26)18-9-11-19(12-10-18)25-31(3,28)29/h4-14,16,25H,1-3H3/t16-/m1/s1. The second-order valence-corrected chi connectivity index (χ2v) is 8.81. The quantitative estimate of drug-likeness (QED) is 0.444. The van der Waals surface area contributed by atoms with Crippen LogP contribution >= 0.6 is 0 Å². The van der Waals surface area contributed by atoms with E-state index in [1.54, 1.807) is 19.1 Å². The Hall–Kier alpha value is -3.52. The van der Waals surface area contributed by atoms with Crippen LogP contribution in [0.25, 0.3) is 11.3 Å². The van der Waals surface area contributed by atoms with Gasteiger partial charge in [-0.3, -0.25) is 14.5 Å². The summed E-state index contributed by atoms with van der Waals surface area (Å²) >= 11 is 0. The van der Waals surface area contributed by atoms with Crippen LogP contribution in [-0.4, -0.2) is 37.5 Å². The summed E-state index contributed by atoms with van der Waals surface area (Å²) in [5.74, 6) is -1.04. The molecule has 7 nitrogen and oxygen atoms in total. The van der Waals surface area contributed by atoms with E-state index in [9.17, 15) is 18.0 Å². The molecule has 0 fully saturated rings. The number of pyridine rings is 1. The Bertz CT molecular complexity index is 1210. The van der Waals surface area contributed by atoms with Gasteiger partial charge in [0.25, 0.3) is 0 Å². The molecule has 2 aromatic carbocycles. The van der Waals surface area contributed by atoms with Gasteiger partial charge in [-0.15, -0.1) is 0 Å². The number of hydrogen-bond acceptors (Lipinski definition) is 6. The van der Waals surface area contributed by atoms with Gasteiger partial charge in [-0.05, 0) is 50.2 Å². The molecule has 1 atom stereocenters. The average molecular weight is 439 g/mol. The second kappa shape index (κ2) is 9.09. The molecule has 8 heteroatoms. The lowest BCUT2D eigenvalue weighted by molar-refractivity contribution is 0.0317. The van der Waals surface area contributed by atoms with Crippen molar-refractivity contribution in [3.63, 3.8) is 0 Å². The number of Topliss-reactive ketones (excluding diaryl/α,β-unsaturated/α-hetero) is 1. The molecule has 1 aromatic heterocycles. The molecule has 0 aliphatic carbocycles. The molecule has 0 unspecified atom stereocenters. The minimum absolute atomic E-state index is 0.284. The number of rotatable bonds is 7. The number of aryl methyl sites for hydroxylation is 1. The maximum absolute atomic E-state index is 12.6. The molecule has 3 aromatic rings. The van der Waals surface area contributed by atoms with Crippen LogP contribution < -0.4 is 4.72 Å². The van der Waals surface area contributed by atoms with Crippen molar-refractivity contribution in [3.8, 4) is 11.3 Å². The van der Waals surface area contributed by atoms with Gasteiger partial charge in [-0.1, -0.05) is 30.3 Å². The number of nitrogens with zero attached hydrogens (tertiary/aromatic N) is 1. The highest BCUT2D eigenvalue weighted by Gasteiger charge is 2.22. The molecule has 0 aliphatic heterocycles. The average Bonchev–Trinajstić information content (AvgIpc) is 2.73. The number of ketones is 1. The Balaban J connectivity index is 1.69. The Morgan fingerprint density at radius 3 is 2.19 bits per heavy atom. The Morgan fingerprint density at radius 1 is 0.968 bits per heavy atom. The zero-order valence-electron chi connectivity index (χ0n) is 17.3. The van der Waals surface area contributed by atoms with Crippen molar-refractivity contribution in [2.45, 2.75) is 20.0 Å². The first-order valence-electron chi connectivity index (χ1n) is 9.50.